The predicted octanol–water partition coefficient (Wildman–Crippen LogP) is 4.95. The van der Waals surface area contributed by atoms with E-state index in [0.29, 0.717) is 5.25 Å². The van der Waals surface area contributed by atoms with Crippen molar-refractivity contribution in [3.63, 3.8) is 0 Å². The lowest BCUT2D eigenvalue weighted by molar-refractivity contribution is 0.591. The molecule has 114 valence electrons. The number of nitrogens with one attached hydrogen (secondary N) is 1. The summed E-state index contributed by atoms with van der Waals surface area (Å²) >= 11 is 3.44. The molecule has 21 heavy (non-hydrogen) atoms. The molecule has 0 fully saturated rings. The van der Waals surface area contributed by atoms with Crippen LogP contribution in [-0.2, 0) is 12.0 Å². The SMILES string of the molecule is CC(C)Sc1nnc(CNc2ccccc2C(C)(C)C)s1. The molecular weight excluding hydrogens is 298 g/mol. The standard InChI is InChI=1S/C16H23N3S2/c1-11(2)20-15-19-18-14(21-15)10-17-13-9-7-6-8-12(13)16(3,4)5/h6-9,11,17H,10H2,1-5H3. The lowest BCUT2D eigenvalue weighted by Gasteiger charge is -2.23. The molecule has 0 unspecified atom stereocenters. The van der Waals surface area contributed by atoms with Crippen LogP contribution in [0.1, 0.15) is 45.2 Å². The zero-order valence-electron chi connectivity index (χ0n) is 13.3. The number of thioether (sulfide) groups is 1. The first kappa shape index (κ1) is 16.3. The minimum Gasteiger partial charge on any atom is -0.378 e. The number of benzene rings is 1. The highest BCUT2D eigenvalue weighted by Gasteiger charge is 2.17. The molecule has 0 bridgehead atoms. The Bertz CT molecular complexity index is 585. The fourth-order valence-electron chi connectivity index (χ4n) is 2.02. The third-order valence-corrected chi connectivity index (χ3v) is 4.96. The molecule has 3 nitrogen and oxygen atoms in total. The van der Waals surface area contributed by atoms with Crippen molar-refractivity contribution < 1.29 is 0 Å². The zero-order valence-corrected chi connectivity index (χ0v) is 14.9. The lowest BCUT2D eigenvalue weighted by atomic mass is 9.86. The topological polar surface area (TPSA) is 37.8 Å². The van der Waals surface area contributed by atoms with Crippen LogP contribution < -0.4 is 5.32 Å². The van der Waals surface area contributed by atoms with E-state index in [4.69, 9.17) is 0 Å². The van der Waals surface area contributed by atoms with E-state index in [1.165, 1.54) is 11.3 Å². The van der Waals surface area contributed by atoms with Crippen LogP contribution in [0.25, 0.3) is 0 Å². The van der Waals surface area contributed by atoms with Crippen LogP contribution in [-0.4, -0.2) is 15.4 Å². The maximum Gasteiger partial charge on any atom is 0.174 e. The van der Waals surface area contributed by atoms with Gasteiger partial charge in [-0.1, -0.05) is 75.9 Å². The third-order valence-electron chi connectivity index (χ3n) is 2.95. The molecule has 0 aliphatic heterocycles. The summed E-state index contributed by atoms with van der Waals surface area (Å²) in [4.78, 5) is 0. The first-order valence-electron chi connectivity index (χ1n) is 7.18. The molecule has 1 aromatic heterocycles. The number of hydrogen-bond donors (Lipinski definition) is 1. The van der Waals surface area contributed by atoms with E-state index in [-0.39, 0.29) is 5.41 Å². The number of anilines is 1. The van der Waals surface area contributed by atoms with Crippen molar-refractivity contribution in [2.24, 2.45) is 0 Å². The highest BCUT2D eigenvalue weighted by molar-refractivity contribution is 8.01. The Balaban J connectivity index is 2.05. The number of rotatable bonds is 5. The highest BCUT2D eigenvalue weighted by atomic mass is 32.2. The molecule has 1 heterocycles. The molecule has 5 heteroatoms. The molecule has 0 saturated carbocycles. The summed E-state index contributed by atoms with van der Waals surface area (Å²) < 4.78 is 1.05. The second-order valence-corrected chi connectivity index (χ2v) is 9.16. The van der Waals surface area contributed by atoms with E-state index in [1.54, 1.807) is 23.1 Å². The van der Waals surface area contributed by atoms with E-state index in [2.05, 4.69) is 74.4 Å². The molecule has 0 saturated heterocycles. The average molecular weight is 322 g/mol. The van der Waals surface area contributed by atoms with Crippen molar-refractivity contribution >= 4 is 28.8 Å². The molecule has 1 N–H and O–H groups in total. The zero-order chi connectivity index (χ0) is 15.5. The van der Waals surface area contributed by atoms with Crippen LogP contribution in [0.15, 0.2) is 28.6 Å². The Morgan fingerprint density at radius 3 is 2.57 bits per heavy atom. The predicted molar refractivity (Wildman–Crippen MR) is 93.4 cm³/mol. The van der Waals surface area contributed by atoms with Crippen LogP contribution in [0, 0.1) is 0 Å². The van der Waals surface area contributed by atoms with Crippen molar-refractivity contribution in [2.75, 3.05) is 5.32 Å². The van der Waals surface area contributed by atoms with E-state index in [0.717, 1.165) is 15.9 Å². The first-order chi connectivity index (χ1) is 9.86. The molecular formula is C16H23N3S2. The van der Waals surface area contributed by atoms with Crippen LogP contribution >= 0.6 is 23.1 Å². The highest BCUT2D eigenvalue weighted by Crippen LogP contribution is 2.30. The summed E-state index contributed by atoms with van der Waals surface area (Å²) in [6, 6.07) is 8.47. The van der Waals surface area contributed by atoms with Gasteiger partial charge in [0.25, 0.3) is 0 Å². The van der Waals surface area contributed by atoms with Gasteiger partial charge in [0.15, 0.2) is 4.34 Å². The van der Waals surface area contributed by atoms with Gasteiger partial charge in [-0.15, -0.1) is 10.2 Å². The first-order valence-corrected chi connectivity index (χ1v) is 8.88. The Hall–Kier alpha value is -1.07. The van der Waals surface area contributed by atoms with E-state index >= 15 is 0 Å². The second-order valence-electron chi connectivity index (χ2n) is 6.28. The van der Waals surface area contributed by atoms with Crippen molar-refractivity contribution in [2.45, 2.75) is 56.2 Å². The summed E-state index contributed by atoms with van der Waals surface area (Å²) in [5, 5.41) is 13.6. The van der Waals surface area contributed by atoms with Gasteiger partial charge in [0.1, 0.15) is 5.01 Å². The van der Waals surface area contributed by atoms with Crippen LogP contribution in [0.5, 0.6) is 0 Å². The Kier molecular flexibility index (Phi) is 5.27. The summed E-state index contributed by atoms with van der Waals surface area (Å²) in [5.74, 6) is 0. The van der Waals surface area contributed by atoms with E-state index < -0.39 is 0 Å². The van der Waals surface area contributed by atoms with Crippen LogP contribution in [0.4, 0.5) is 5.69 Å². The summed E-state index contributed by atoms with van der Waals surface area (Å²) in [7, 11) is 0. The second kappa shape index (κ2) is 6.79. The van der Waals surface area contributed by atoms with Crippen molar-refractivity contribution in [3.05, 3.63) is 34.8 Å². The van der Waals surface area contributed by atoms with Gasteiger partial charge in [-0.3, -0.25) is 0 Å². The fraction of sp³-hybridized carbons (Fsp3) is 0.500. The van der Waals surface area contributed by atoms with Gasteiger partial charge in [0.05, 0.1) is 6.54 Å². The third kappa shape index (κ3) is 4.71. The minimum absolute atomic E-state index is 0.128. The Labute approximate surface area is 135 Å². The summed E-state index contributed by atoms with van der Waals surface area (Å²) in [6.07, 6.45) is 0. The van der Waals surface area contributed by atoms with Crippen molar-refractivity contribution in [3.8, 4) is 0 Å². The van der Waals surface area contributed by atoms with Gasteiger partial charge in [-0.05, 0) is 17.0 Å². The molecule has 0 spiro atoms. The molecule has 2 rings (SSSR count). The molecule has 0 aliphatic rings. The Morgan fingerprint density at radius 2 is 1.90 bits per heavy atom. The number of nitrogens with zero attached hydrogens (tertiary/aromatic N) is 2. The molecule has 0 amide bonds. The monoisotopic (exact) mass is 321 g/mol. The van der Waals surface area contributed by atoms with Gasteiger partial charge >= 0.3 is 0 Å². The molecule has 0 atom stereocenters. The fourth-order valence-corrected chi connectivity index (χ4v) is 4.08. The maximum absolute atomic E-state index is 4.26. The summed E-state index contributed by atoms with van der Waals surface area (Å²) in [5.41, 5.74) is 2.63. The van der Waals surface area contributed by atoms with Gasteiger partial charge in [-0.25, -0.2) is 0 Å². The normalized spacial score (nSPS) is 11.9. The largest absolute Gasteiger partial charge is 0.378 e. The number of para-hydroxylation sites is 1. The van der Waals surface area contributed by atoms with Gasteiger partial charge in [0, 0.05) is 10.9 Å². The van der Waals surface area contributed by atoms with Gasteiger partial charge in [-0.2, -0.15) is 0 Å². The molecule has 0 aliphatic carbocycles. The van der Waals surface area contributed by atoms with E-state index in [9.17, 15) is 0 Å². The van der Waals surface area contributed by atoms with Crippen molar-refractivity contribution in [1.29, 1.82) is 0 Å². The maximum atomic E-state index is 4.26. The van der Waals surface area contributed by atoms with Gasteiger partial charge in [0.2, 0.25) is 0 Å². The lowest BCUT2D eigenvalue weighted by Crippen LogP contribution is -2.14. The van der Waals surface area contributed by atoms with Gasteiger partial charge < -0.3 is 5.32 Å². The van der Waals surface area contributed by atoms with Crippen molar-refractivity contribution in [1.82, 2.24) is 10.2 Å². The molecule has 1 aromatic carbocycles. The minimum atomic E-state index is 0.128. The number of hydrogen-bond acceptors (Lipinski definition) is 5. The summed E-state index contributed by atoms with van der Waals surface area (Å²) in [6.45, 7) is 11.8. The smallest absolute Gasteiger partial charge is 0.174 e. The average Bonchev–Trinajstić information content (AvgIpc) is 2.82. The van der Waals surface area contributed by atoms with Crippen LogP contribution in [0.3, 0.4) is 0 Å². The molecule has 0 radical (unpaired) electrons. The van der Waals surface area contributed by atoms with Crippen LogP contribution in [0.2, 0.25) is 0 Å². The van der Waals surface area contributed by atoms with E-state index in [1.807, 2.05) is 0 Å². The number of aromatic nitrogens is 2. The molecule has 2 aromatic rings. The Morgan fingerprint density at radius 1 is 1.19 bits per heavy atom. The quantitative estimate of drug-likeness (QED) is 0.791.